The quantitative estimate of drug-likeness (QED) is 0.309. The van der Waals surface area contributed by atoms with Crippen molar-refractivity contribution in [2.75, 3.05) is 26.4 Å². The summed E-state index contributed by atoms with van der Waals surface area (Å²) in [7, 11) is -5.36. The zero-order valence-corrected chi connectivity index (χ0v) is 18.8. The van der Waals surface area contributed by atoms with Gasteiger partial charge in [0.1, 0.15) is 0 Å². The van der Waals surface area contributed by atoms with Crippen molar-refractivity contribution in [3.8, 4) is 0 Å². The maximum Gasteiger partial charge on any atom is 0.296 e. The summed E-state index contributed by atoms with van der Waals surface area (Å²) in [5, 5.41) is 0.216. The number of benzene rings is 1. The van der Waals surface area contributed by atoms with Crippen LogP contribution in [0.5, 0.6) is 0 Å². The van der Waals surface area contributed by atoms with Crippen LogP contribution in [0.1, 0.15) is 39.2 Å². The average molecular weight is 403 g/mol. The van der Waals surface area contributed by atoms with Crippen LogP contribution in [0, 0.1) is 6.92 Å². The van der Waals surface area contributed by atoms with Crippen LogP contribution in [-0.2, 0) is 23.5 Å². The zero-order chi connectivity index (χ0) is 19.8. The van der Waals surface area contributed by atoms with Gasteiger partial charge in [-0.1, -0.05) is 38.5 Å². The van der Waals surface area contributed by atoms with Crippen LogP contribution < -0.4 is 0 Å². The molecular formula is C19H34O5SSi. The van der Waals surface area contributed by atoms with E-state index in [1.54, 1.807) is 24.3 Å². The van der Waals surface area contributed by atoms with E-state index in [1.807, 2.05) is 6.92 Å². The van der Waals surface area contributed by atoms with Gasteiger partial charge in [-0.2, -0.15) is 8.42 Å². The van der Waals surface area contributed by atoms with Gasteiger partial charge in [0.15, 0.2) is 8.32 Å². The number of hydrogen-bond donors (Lipinski definition) is 0. The summed E-state index contributed by atoms with van der Waals surface area (Å²) >= 11 is 0. The standard InChI is InChI=1S/C19H34O5SSi/c1-17-9-11-18(12-10-17)25(20,21)23-15-7-13-22-14-8-16-24-26(5,6)19(2,3)4/h9-12H,7-8,13-16H2,1-6H3. The van der Waals surface area contributed by atoms with Gasteiger partial charge in [0, 0.05) is 19.8 Å². The molecule has 150 valence electrons. The fourth-order valence-electron chi connectivity index (χ4n) is 1.91. The van der Waals surface area contributed by atoms with E-state index in [9.17, 15) is 8.42 Å². The Labute approximate surface area is 160 Å². The first kappa shape index (κ1) is 23.3. The summed E-state index contributed by atoms with van der Waals surface area (Å²) in [6.07, 6.45) is 1.38. The highest BCUT2D eigenvalue weighted by molar-refractivity contribution is 7.86. The van der Waals surface area contributed by atoms with Crippen LogP contribution in [0.25, 0.3) is 0 Å². The van der Waals surface area contributed by atoms with E-state index in [0.29, 0.717) is 26.2 Å². The van der Waals surface area contributed by atoms with Crippen LogP contribution in [0.15, 0.2) is 29.2 Å². The van der Waals surface area contributed by atoms with Gasteiger partial charge in [0.25, 0.3) is 10.1 Å². The Morgan fingerprint density at radius 1 is 0.923 bits per heavy atom. The molecule has 0 aliphatic rings. The smallest absolute Gasteiger partial charge is 0.296 e. The molecule has 0 N–H and O–H groups in total. The molecule has 0 aromatic heterocycles. The molecule has 0 aliphatic heterocycles. The monoisotopic (exact) mass is 402 g/mol. The molecule has 0 saturated carbocycles. The largest absolute Gasteiger partial charge is 0.417 e. The van der Waals surface area contributed by atoms with Crippen molar-refractivity contribution in [3.05, 3.63) is 29.8 Å². The van der Waals surface area contributed by atoms with E-state index in [0.717, 1.165) is 12.0 Å². The van der Waals surface area contributed by atoms with E-state index in [-0.39, 0.29) is 16.5 Å². The third-order valence-electron chi connectivity index (χ3n) is 4.68. The lowest BCUT2D eigenvalue weighted by Crippen LogP contribution is -2.41. The lowest BCUT2D eigenvalue weighted by Gasteiger charge is -2.36. The van der Waals surface area contributed by atoms with Crippen molar-refractivity contribution in [1.29, 1.82) is 0 Å². The molecule has 0 aliphatic carbocycles. The van der Waals surface area contributed by atoms with Crippen LogP contribution in [0.4, 0.5) is 0 Å². The molecule has 0 bridgehead atoms. The second kappa shape index (κ2) is 9.99. The Morgan fingerprint density at radius 2 is 1.46 bits per heavy atom. The maximum absolute atomic E-state index is 12.0. The van der Waals surface area contributed by atoms with E-state index in [1.165, 1.54) is 0 Å². The molecule has 0 radical (unpaired) electrons. The molecule has 0 unspecified atom stereocenters. The fourth-order valence-corrected chi connectivity index (χ4v) is 3.94. The Balaban J connectivity index is 2.14. The zero-order valence-electron chi connectivity index (χ0n) is 17.0. The lowest BCUT2D eigenvalue weighted by molar-refractivity contribution is 0.106. The number of ether oxygens (including phenoxy) is 1. The summed E-state index contributed by atoms with van der Waals surface area (Å²) < 4.78 is 40.7. The van der Waals surface area contributed by atoms with Gasteiger partial charge >= 0.3 is 0 Å². The number of rotatable bonds is 11. The molecule has 1 aromatic carbocycles. The Morgan fingerprint density at radius 3 is 2.00 bits per heavy atom. The van der Waals surface area contributed by atoms with Crippen molar-refractivity contribution >= 4 is 18.4 Å². The summed E-state index contributed by atoms with van der Waals surface area (Å²) in [5.41, 5.74) is 1.01. The van der Waals surface area contributed by atoms with E-state index < -0.39 is 18.4 Å². The van der Waals surface area contributed by atoms with Gasteiger partial charge < -0.3 is 9.16 Å². The highest BCUT2D eigenvalue weighted by Gasteiger charge is 2.36. The molecule has 5 nitrogen and oxygen atoms in total. The molecule has 0 fully saturated rings. The average Bonchev–Trinajstić information content (AvgIpc) is 2.52. The van der Waals surface area contributed by atoms with Gasteiger partial charge in [0.2, 0.25) is 0 Å². The Kier molecular flexibility index (Phi) is 8.95. The maximum atomic E-state index is 12.0. The summed E-state index contributed by atoms with van der Waals surface area (Å²) in [6, 6.07) is 6.63. The molecule has 0 heterocycles. The first-order valence-corrected chi connectivity index (χ1v) is 13.5. The van der Waals surface area contributed by atoms with Gasteiger partial charge in [0.05, 0.1) is 11.5 Å². The first-order valence-electron chi connectivity index (χ1n) is 9.13. The van der Waals surface area contributed by atoms with Gasteiger partial charge in [-0.05, 0) is 50.0 Å². The van der Waals surface area contributed by atoms with Gasteiger partial charge in [-0.15, -0.1) is 0 Å². The van der Waals surface area contributed by atoms with Crippen LogP contribution in [0.2, 0.25) is 18.1 Å². The normalized spacial score (nSPS) is 13.2. The molecule has 0 amide bonds. The Bertz CT molecular complexity index is 633. The van der Waals surface area contributed by atoms with Crippen LogP contribution in [-0.4, -0.2) is 43.2 Å². The second-order valence-corrected chi connectivity index (χ2v) is 14.4. The fraction of sp³-hybridized carbons (Fsp3) is 0.684. The molecular weight excluding hydrogens is 368 g/mol. The topological polar surface area (TPSA) is 61.8 Å². The van der Waals surface area contributed by atoms with Gasteiger partial charge in [-0.25, -0.2) is 0 Å². The van der Waals surface area contributed by atoms with Crippen molar-refractivity contribution in [2.45, 2.75) is 63.6 Å². The van der Waals surface area contributed by atoms with Crippen molar-refractivity contribution in [1.82, 2.24) is 0 Å². The molecule has 0 atom stereocenters. The molecule has 7 heteroatoms. The van der Waals surface area contributed by atoms with Crippen LogP contribution >= 0.6 is 0 Å². The predicted molar refractivity (Wildman–Crippen MR) is 108 cm³/mol. The minimum absolute atomic E-state index is 0.122. The highest BCUT2D eigenvalue weighted by atomic mass is 32.2. The summed E-state index contributed by atoms with van der Waals surface area (Å²) in [6.45, 7) is 15.0. The highest BCUT2D eigenvalue weighted by Crippen LogP contribution is 2.36. The Hall–Kier alpha value is -0.733. The van der Waals surface area contributed by atoms with Crippen molar-refractivity contribution < 1.29 is 21.8 Å². The molecule has 0 saturated heterocycles. The minimum Gasteiger partial charge on any atom is -0.417 e. The lowest BCUT2D eigenvalue weighted by atomic mass is 10.2. The third-order valence-corrected chi connectivity index (χ3v) is 10.5. The minimum atomic E-state index is -3.68. The number of aryl methyl sites for hydroxylation is 1. The van der Waals surface area contributed by atoms with E-state index in [2.05, 4.69) is 33.9 Å². The number of hydrogen-bond acceptors (Lipinski definition) is 5. The molecule has 1 rings (SSSR count). The molecule has 26 heavy (non-hydrogen) atoms. The summed E-state index contributed by atoms with van der Waals surface area (Å²) in [5.74, 6) is 0. The van der Waals surface area contributed by atoms with Gasteiger partial charge in [-0.3, -0.25) is 4.18 Å². The molecule has 0 spiro atoms. The second-order valence-electron chi connectivity index (χ2n) is 8.02. The predicted octanol–water partition coefficient (Wildman–Crippen LogP) is 4.52. The van der Waals surface area contributed by atoms with E-state index in [4.69, 9.17) is 13.3 Å². The third kappa shape index (κ3) is 7.88. The molecule has 1 aromatic rings. The SMILES string of the molecule is Cc1ccc(S(=O)(=O)OCCCOCCCO[Si](C)(C)C(C)(C)C)cc1. The first-order chi connectivity index (χ1) is 12.0. The summed E-state index contributed by atoms with van der Waals surface area (Å²) in [4.78, 5) is 0.187. The van der Waals surface area contributed by atoms with E-state index >= 15 is 0 Å². The van der Waals surface area contributed by atoms with Crippen LogP contribution in [0.3, 0.4) is 0 Å². The van der Waals surface area contributed by atoms with Crippen molar-refractivity contribution in [2.24, 2.45) is 0 Å². The van der Waals surface area contributed by atoms with Crippen molar-refractivity contribution in [3.63, 3.8) is 0 Å².